The third-order valence-electron chi connectivity index (χ3n) is 4.24. The van der Waals surface area contributed by atoms with Crippen LogP contribution in [0.1, 0.15) is 11.1 Å². The van der Waals surface area contributed by atoms with E-state index in [9.17, 15) is 13.2 Å². The number of benzene rings is 1. The summed E-state index contributed by atoms with van der Waals surface area (Å²) in [6.07, 6.45) is 2.99. The maximum Gasteiger partial charge on any atom is 0.345 e. The Morgan fingerprint density at radius 2 is 1.83 bits per heavy atom. The first-order valence-corrected chi connectivity index (χ1v) is 9.92. The van der Waals surface area contributed by atoms with Crippen molar-refractivity contribution in [3.05, 3.63) is 59.4 Å². The molecule has 2 aromatic rings. The standard InChI is InChI=1S/C19H20N4O5S/c1-12-5-8-18(20-11-12)21-19(24)15-10-14(22-29(25,26)23(15)2)13-6-7-16(27-3)17(9-13)28-4/h5-11H,1-4H3,(H,20,21,24). The van der Waals surface area contributed by atoms with Gasteiger partial charge in [-0.25, -0.2) is 9.29 Å². The first-order chi connectivity index (χ1) is 13.7. The van der Waals surface area contributed by atoms with Crippen LogP contribution in [0.15, 0.2) is 52.7 Å². The minimum Gasteiger partial charge on any atom is -0.493 e. The molecule has 0 aliphatic carbocycles. The number of amides is 1. The van der Waals surface area contributed by atoms with Gasteiger partial charge in [0.05, 0.1) is 19.9 Å². The number of pyridine rings is 1. The molecule has 0 saturated carbocycles. The molecule has 0 fully saturated rings. The summed E-state index contributed by atoms with van der Waals surface area (Å²) >= 11 is 0. The van der Waals surface area contributed by atoms with Crippen LogP contribution in [0, 0.1) is 6.92 Å². The molecule has 0 atom stereocenters. The summed E-state index contributed by atoms with van der Waals surface area (Å²) in [5.74, 6) is 0.579. The molecule has 0 spiro atoms. The zero-order chi connectivity index (χ0) is 21.2. The second kappa shape index (κ2) is 7.92. The van der Waals surface area contributed by atoms with Crippen LogP contribution in [0.4, 0.5) is 5.82 Å². The molecule has 9 nitrogen and oxygen atoms in total. The molecule has 0 bridgehead atoms. The van der Waals surface area contributed by atoms with Crippen LogP contribution in [0.25, 0.3) is 0 Å². The summed E-state index contributed by atoms with van der Waals surface area (Å²) in [4.78, 5) is 16.8. The first-order valence-electron chi connectivity index (χ1n) is 8.52. The highest BCUT2D eigenvalue weighted by atomic mass is 32.2. The molecule has 1 aliphatic rings. The Morgan fingerprint density at radius 3 is 2.45 bits per heavy atom. The summed E-state index contributed by atoms with van der Waals surface area (Å²) in [6, 6.07) is 8.27. The zero-order valence-electron chi connectivity index (χ0n) is 16.3. The van der Waals surface area contributed by atoms with Crippen molar-refractivity contribution in [2.24, 2.45) is 4.40 Å². The number of carbonyl (C=O) groups is 1. The highest BCUT2D eigenvalue weighted by Gasteiger charge is 2.30. The SMILES string of the molecule is COc1ccc(C2=NS(=O)(=O)N(C)C(C(=O)Nc3ccc(C)cn3)=C2)cc1OC. The van der Waals surface area contributed by atoms with Gasteiger partial charge in [0, 0.05) is 18.8 Å². The van der Waals surface area contributed by atoms with Gasteiger partial charge in [0.25, 0.3) is 5.91 Å². The number of ether oxygens (including phenoxy) is 2. The van der Waals surface area contributed by atoms with Gasteiger partial charge in [0.1, 0.15) is 11.5 Å². The van der Waals surface area contributed by atoms with Gasteiger partial charge in [-0.1, -0.05) is 6.07 Å². The van der Waals surface area contributed by atoms with E-state index in [4.69, 9.17) is 9.47 Å². The molecule has 0 saturated heterocycles. The molecule has 3 rings (SSSR count). The van der Waals surface area contributed by atoms with E-state index in [2.05, 4.69) is 14.7 Å². The fourth-order valence-corrected chi connectivity index (χ4v) is 3.53. The monoisotopic (exact) mass is 416 g/mol. The Hall–Kier alpha value is -3.40. The Bertz CT molecular complexity index is 1110. The first kappa shape index (κ1) is 20.3. The van der Waals surface area contributed by atoms with E-state index in [1.807, 2.05) is 6.92 Å². The van der Waals surface area contributed by atoms with E-state index in [0.717, 1.165) is 9.87 Å². The summed E-state index contributed by atoms with van der Waals surface area (Å²) in [5.41, 5.74) is 1.40. The molecule has 10 heteroatoms. The number of allylic oxidation sites excluding steroid dienone is 1. The van der Waals surface area contributed by atoms with Crippen molar-refractivity contribution in [3.8, 4) is 11.5 Å². The number of carbonyl (C=O) groups excluding carboxylic acids is 1. The lowest BCUT2D eigenvalue weighted by atomic mass is 10.1. The van der Waals surface area contributed by atoms with Gasteiger partial charge in [-0.05, 0) is 42.8 Å². The number of nitrogens with one attached hydrogen (secondary N) is 1. The molecule has 152 valence electrons. The van der Waals surface area contributed by atoms with Gasteiger partial charge in [-0.15, -0.1) is 4.40 Å². The van der Waals surface area contributed by atoms with Crippen molar-refractivity contribution < 1.29 is 22.7 Å². The van der Waals surface area contributed by atoms with Crippen molar-refractivity contribution in [2.75, 3.05) is 26.6 Å². The second-order valence-electron chi connectivity index (χ2n) is 6.20. The van der Waals surface area contributed by atoms with Crippen LogP contribution in [0.3, 0.4) is 0 Å². The molecular formula is C19H20N4O5S. The van der Waals surface area contributed by atoms with Crippen LogP contribution in [-0.4, -0.2) is 50.6 Å². The van der Waals surface area contributed by atoms with Crippen molar-refractivity contribution in [3.63, 3.8) is 0 Å². The number of aromatic nitrogens is 1. The van der Waals surface area contributed by atoms with Crippen LogP contribution < -0.4 is 14.8 Å². The second-order valence-corrected chi connectivity index (χ2v) is 7.82. The van der Waals surface area contributed by atoms with Gasteiger partial charge in [0.15, 0.2) is 11.5 Å². The highest BCUT2D eigenvalue weighted by molar-refractivity contribution is 7.88. The fourth-order valence-electron chi connectivity index (χ4n) is 2.62. The van der Waals surface area contributed by atoms with Crippen molar-refractivity contribution in [1.29, 1.82) is 0 Å². The summed E-state index contributed by atoms with van der Waals surface area (Å²) in [5, 5.41) is 2.60. The minimum atomic E-state index is -4.09. The maximum atomic E-state index is 12.7. The number of anilines is 1. The Kier molecular flexibility index (Phi) is 5.55. The number of nitrogens with zero attached hydrogens (tertiary/aromatic N) is 3. The molecule has 1 N–H and O–H groups in total. The normalized spacial score (nSPS) is 15.2. The Labute approximate surface area is 168 Å². The molecule has 2 heterocycles. The number of likely N-dealkylation sites (N-methyl/N-ethyl adjacent to an activating group) is 1. The zero-order valence-corrected chi connectivity index (χ0v) is 17.1. The summed E-state index contributed by atoms with van der Waals surface area (Å²) in [7, 11) is 0.141. The highest BCUT2D eigenvalue weighted by Crippen LogP contribution is 2.29. The minimum absolute atomic E-state index is 0.0906. The largest absolute Gasteiger partial charge is 0.493 e. The van der Waals surface area contributed by atoms with Gasteiger partial charge in [0.2, 0.25) is 0 Å². The Morgan fingerprint density at radius 1 is 1.10 bits per heavy atom. The predicted molar refractivity (Wildman–Crippen MR) is 108 cm³/mol. The number of aryl methyl sites for hydroxylation is 1. The smallest absolute Gasteiger partial charge is 0.345 e. The maximum absolute atomic E-state index is 12.7. The van der Waals surface area contributed by atoms with Crippen LogP contribution in [0.2, 0.25) is 0 Å². The average molecular weight is 416 g/mol. The molecular weight excluding hydrogens is 396 g/mol. The van der Waals surface area contributed by atoms with Gasteiger partial charge in [-0.2, -0.15) is 8.42 Å². The predicted octanol–water partition coefficient (Wildman–Crippen LogP) is 1.91. The number of hydrogen-bond acceptors (Lipinski definition) is 6. The average Bonchev–Trinajstić information content (AvgIpc) is 2.70. The summed E-state index contributed by atoms with van der Waals surface area (Å²) < 4.78 is 40.1. The molecule has 1 aromatic heterocycles. The van der Waals surface area contributed by atoms with Crippen molar-refractivity contribution >= 4 is 27.6 Å². The van der Waals surface area contributed by atoms with Crippen LogP contribution >= 0.6 is 0 Å². The van der Waals surface area contributed by atoms with Crippen molar-refractivity contribution in [1.82, 2.24) is 9.29 Å². The topological polar surface area (TPSA) is 110 Å². The number of hydrogen-bond donors (Lipinski definition) is 1. The molecule has 0 unspecified atom stereocenters. The lowest BCUT2D eigenvalue weighted by Gasteiger charge is -2.23. The Balaban J connectivity index is 1.99. The molecule has 1 amide bonds. The lowest BCUT2D eigenvalue weighted by molar-refractivity contribution is -0.113. The third kappa shape index (κ3) is 4.21. The van der Waals surface area contributed by atoms with Gasteiger partial charge >= 0.3 is 10.2 Å². The number of rotatable bonds is 5. The van der Waals surface area contributed by atoms with E-state index in [1.54, 1.807) is 36.5 Å². The van der Waals surface area contributed by atoms with E-state index in [-0.39, 0.29) is 11.4 Å². The molecule has 1 aliphatic heterocycles. The van der Waals surface area contributed by atoms with E-state index in [1.165, 1.54) is 27.3 Å². The van der Waals surface area contributed by atoms with Gasteiger partial charge < -0.3 is 14.8 Å². The van der Waals surface area contributed by atoms with E-state index >= 15 is 0 Å². The molecule has 0 radical (unpaired) electrons. The quantitative estimate of drug-likeness (QED) is 0.797. The lowest BCUT2D eigenvalue weighted by Crippen LogP contribution is -2.35. The molecule has 1 aromatic carbocycles. The summed E-state index contributed by atoms with van der Waals surface area (Å²) in [6.45, 7) is 1.87. The van der Waals surface area contributed by atoms with Crippen LogP contribution in [0.5, 0.6) is 11.5 Å². The van der Waals surface area contributed by atoms with Crippen molar-refractivity contribution in [2.45, 2.75) is 6.92 Å². The number of methoxy groups -OCH3 is 2. The van der Waals surface area contributed by atoms with E-state index < -0.39 is 16.1 Å². The third-order valence-corrected chi connectivity index (χ3v) is 5.55. The van der Waals surface area contributed by atoms with Gasteiger partial charge in [-0.3, -0.25) is 4.79 Å². The fraction of sp³-hybridized carbons (Fsp3) is 0.211. The van der Waals surface area contributed by atoms with E-state index in [0.29, 0.717) is 22.9 Å². The van der Waals surface area contributed by atoms with Crippen LogP contribution in [-0.2, 0) is 15.0 Å². The molecule has 29 heavy (non-hydrogen) atoms.